The first-order valence-electron chi connectivity index (χ1n) is 10.4. The van der Waals surface area contributed by atoms with E-state index in [-0.39, 0.29) is 16.8 Å². The van der Waals surface area contributed by atoms with Crippen molar-refractivity contribution >= 4 is 21.6 Å². The molecule has 2 aromatic rings. The Balaban J connectivity index is 1.67. The van der Waals surface area contributed by atoms with Crippen molar-refractivity contribution in [1.82, 2.24) is 9.62 Å². The van der Waals surface area contributed by atoms with Crippen molar-refractivity contribution in [3.05, 3.63) is 59.7 Å². The average molecular weight is 430 g/mol. The predicted molar refractivity (Wildman–Crippen MR) is 120 cm³/mol. The van der Waals surface area contributed by atoms with E-state index in [0.717, 1.165) is 28.9 Å². The Labute approximate surface area is 179 Å². The molecular weight excluding hydrogens is 398 g/mol. The molecule has 0 aliphatic carbocycles. The van der Waals surface area contributed by atoms with Crippen LogP contribution in [0.25, 0.3) is 0 Å². The van der Waals surface area contributed by atoms with Gasteiger partial charge in [-0.25, -0.2) is 12.7 Å². The van der Waals surface area contributed by atoms with Crippen molar-refractivity contribution in [3.63, 3.8) is 0 Å². The number of nitrogens with one attached hydrogen (secondary N) is 1. The van der Waals surface area contributed by atoms with Crippen molar-refractivity contribution in [2.45, 2.75) is 37.6 Å². The normalized spacial score (nSPS) is 16.5. The van der Waals surface area contributed by atoms with Crippen LogP contribution in [0.2, 0.25) is 0 Å². The van der Waals surface area contributed by atoms with Gasteiger partial charge in [0.2, 0.25) is 10.0 Å². The molecule has 1 fully saturated rings. The van der Waals surface area contributed by atoms with Crippen LogP contribution in [-0.2, 0) is 10.0 Å². The summed E-state index contributed by atoms with van der Waals surface area (Å²) >= 11 is 0. The molecule has 1 unspecified atom stereocenters. The third-order valence-electron chi connectivity index (χ3n) is 5.76. The Morgan fingerprint density at radius 1 is 1.10 bits per heavy atom. The molecule has 0 radical (unpaired) electrons. The molecule has 0 bridgehead atoms. The quantitative estimate of drug-likeness (QED) is 0.761. The largest absolute Gasteiger partial charge is 0.372 e. The third-order valence-corrected chi connectivity index (χ3v) is 7.58. The Hall–Kier alpha value is -2.38. The third kappa shape index (κ3) is 5.02. The van der Waals surface area contributed by atoms with E-state index >= 15 is 0 Å². The summed E-state index contributed by atoms with van der Waals surface area (Å²) in [6.07, 6.45) is 2.44. The number of hydrogen-bond acceptors (Lipinski definition) is 4. The summed E-state index contributed by atoms with van der Waals surface area (Å²) in [5.41, 5.74) is 2.55. The lowest BCUT2D eigenvalue weighted by molar-refractivity contribution is 0.0939. The van der Waals surface area contributed by atoms with Gasteiger partial charge in [0.25, 0.3) is 5.91 Å². The molecular formula is C23H31N3O3S. The van der Waals surface area contributed by atoms with Crippen LogP contribution < -0.4 is 10.2 Å². The van der Waals surface area contributed by atoms with Gasteiger partial charge in [0.15, 0.2) is 0 Å². The fourth-order valence-electron chi connectivity index (χ4n) is 3.61. The maximum absolute atomic E-state index is 12.7. The maximum atomic E-state index is 12.7. The van der Waals surface area contributed by atoms with Crippen LogP contribution in [0.5, 0.6) is 0 Å². The van der Waals surface area contributed by atoms with Crippen LogP contribution in [0.15, 0.2) is 53.4 Å². The summed E-state index contributed by atoms with van der Waals surface area (Å²) in [4.78, 5) is 15.2. The van der Waals surface area contributed by atoms with Crippen LogP contribution in [-0.4, -0.2) is 45.8 Å². The number of hydrogen-bond donors (Lipinski definition) is 1. The summed E-state index contributed by atoms with van der Waals surface area (Å²) in [6.45, 7) is 6.39. The molecule has 1 N–H and O–H groups in total. The van der Waals surface area contributed by atoms with Gasteiger partial charge in [0.05, 0.1) is 10.9 Å². The van der Waals surface area contributed by atoms with Gasteiger partial charge >= 0.3 is 0 Å². The van der Waals surface area contributed by atoms with E-state index in [1.54, 1.807) is 12.1 Å². The molecule has 7 heteroatoms. The fraction of sp³-hybridized carbons (Fsp3) is 0.435. The summed E-state index contributed by atoms with van der Waals surface area (Å²) in [5, 5.41) is 2.96. The van der Waals surface area contributed by atoms with E-state index in [1.807, 2.05) is 19.1 Å². The minimum absolute atomic E-state index is 0.105. The molecule has 1 heterocycles. The van der Waals surface area contributed by atoms with Crippen LogP contribution in [0, 0.1) is 5.92 Å². The lowest BCUT2D eigenvalue weighted by Crippen LogP contribution is -2.32. The number of anilines is 1. The monoisotopic (exact) mass is 429 g/mol. The van der Waals surface area contributed by atoms with E-state index in [1.165, 1.54) is 44.8 Å². The minimum Gasteiger partial charge on any atom is -0.372 e. The zero-order chi connectivity index (χ0) is 21.9. The number of piperidine rings is 1. The molecule has 1 atom stereocenters. The van der Waals surface area contributed by atoms with E-state index in [9.17, 15) is 13.2 Å². The Morgan fingerprint density at radius 2 is 1.73 bits per heavy atom. The van der Waals surface area contributed by atoms with Gasteiger partial charge in [-0.3, -0.25) is 4.79 Å². The topological polar surface area (TPSA) is 69.7 Å². The SMILES string of the molecule is CC1CCN(c2ccc(C(C)NC(=O)c3cccc(S(=O)(=O)N(C)C)c3)cc2)CC1. The number of carbonyl (C=O) groups excluding carboxylic acids is 1. The molecule has 1 aliphatic rings. The van der Waals surface area contributed by atoms with Crippen molar-refractivity contribution in [1.29, 1.82) is 0 Å². The Bertz CT molecular complexity index is 979. The molecule has 162 valence electrons. The molecule has 3 rings (SSSR count). The second-order valence-corrected chi connectivity index (χ2v) is 10.4. The molecule has 6 nitrogen and oxygen atoms in total. The van der Waals surface area contributed by atoms with Crippen molar-refractivity contribution in [2.24, 2.45) is 5.92 Å². The second-order valence-electron chi connectivity index (χ2n) is 8.27. The maximum Gasteiger partial charge on any atom is 0.251 e. The number of sulfonamides is 1. The van der Waals surface area contributed by atoms with Gasteiger partial charge in [0, 0.05) is 38.4 Å². The summed E-state index contributed by atoms with van der Waals surface area (Å²) in [5.74, 6) is 0.495. The van der Waals surface area contributed by atoms with E-state index < -0.39 is 10.0 Å². The smallest absolute Gasteiger partial charge is 0.251 e. The molecule has 1 amide bonds. The summed E-state index contributed by atoms with van der Waals surface area (Å²) in [7, 11) is -0.643. The molecule has 2 aromatic carbocycles. The fourth-order valence-corrected chi connectivity index (χ4v) is 4.56. The predicted octanol–water partition coefficient (Wildman–Crippen LogP) is 3.66. The number of benzene rings is 2. The lowest BCUT2D eigenvalue weighted by Gasteiger charge is -2.32. The highest BCUT2D eigenvalue weighted by Crippen LogP contribution is 2.25. The van der Waals surface area contributed by atoms with Crippen molar-refractivity contribution in [2.75, 3.05) is 32.1 Å². The van der Waals surface area contributed by atoms with Crippen LogP contribution in [0.3, 0.4) is 0 Å². The van der Waals surface area contributed by atoms with E-state index in [4.69, 9.17) is 0 Å². The first kappa shape index (κ1) is 22.3. The highest BCUT2D eigenvalue weighted by molar-refractivity contribution is 7.89. The number of nitrogens with zero attached hydrogens (tertiary/aromatic N) is 2. The standard InChI is InChI=1S/C23H31N3O3S/c1-17-12-14-26(15-13-17)21-10-8-19(9-11-21)18(2)24-23(27)20-6-5-7-22(16-20)30(28,29)25(3)4/h5-11,16-18H,12-15H2,1-4H3,(H,24,27). The summed E-state index contributed by atoms with van der Waals surface area (Å²) < 4.78 is 25.8. The van der Waals surface area contributed by atoms with Crippen LogP contribution in [0.1, 0.15) is 48.7 Å². The van der Waals surface area contributed by atoms with Crippen molar-refractivity contribution < 1.29 is 13.2 Å². The Morgan fingerprint density at radius 3 is 2.33 bits per heavy atom. The van der Waals surface area contributed by atoms with Gasteiger partial charge in [-0.1, -0.05) is 25.1 Å². The highest BCUT2D eigenvalue weighted by atomic mass is 32.2. The Kier molecular flexibility index (Phi) is 6.83. The first-order valence-corrected chi connectivity index (χ1v) is 11.8. The van der Waals surface area contributed by atoms with Gasteiger partial charge in [-0.2, -0.15) is 0 Å². The number of carbonyl (C=O) groups is 1. The zero-order valence-electron chi connectivity index (χ0n) is 18.1. The average Bonchev–Trinajstić information content (AvgIpc) is 2.74. The molecule has 0 spiro atoms. The minimum atomic E-state index is -3.58. The second kappa shape index (κ2) is 9.18. The van der Waals surface area contributed by atoms with Gasteiger partial charge in [-0.05, 0) is 61.6 Å². The van der Waals surface area contributed by atoms with Crippen LogP contribution in [0.4, 0.5) is 5.69 Å². The molecule has 0 saturated carbocycles. The number of amides is 1. The highest BCUT2D eigenvalue weighted by Gasteiger charge is 2.20. The lowest BCUT2D eigenvalue weighted by atomic mass is 9.98. The number of rotatable bonds is 6. The summed E-state index contributed by atoms with van der Waals surface area (Å²) in [6, 6.07) is 14.2. The zero-order valence-corrected chi connectivity index (χ0v) is 18.9. The van der Waals surface area contributed by atoms with Gasteiger partial charge < -0.3 is 10.2 Å². The van der Waals surface area contributed by atoms with Gasteiger partial charge in [-0.15, -0.1) is 0 Å². The van der Waals surface area contributed by atoms with Gasteiger partial charge in [0.1, 0.15) is 0 Å². The molecule has 1 aliphatic heterocycles. The van der Waals surface area contributed by atoms with Crippen LogP contribution >= 0.6 is 0 Å². The molecule has 30 heavy (non-hydrogen) atoms. The van der Waals surface area contributed by atoms with E-state index in [0.29, 0.717) is 5.56 Å². The van der Waals surface area contributed by atoms with E-state index in [2.05, 4.69) is 29.3 Å². The first-order chi connectivity index (χ1) is 14.2. The molecule has 1 saturated heterocycles. The van der Waals surface area contributed by atoms with Crippen molar-refractivity contribution in [3.8, 4) is 0 Å². The molecule has 0 aromatic heterocycles.